The number of aliphatic carboxylic acids is 1. The number of hydrogen-bond donors (Lipinski definition) is 1. The summed E-state index contributed by atoms with van der Waals surface area (Å²) >= 11 is 0. The lowest BCUT2D eigenvalue weighted by Crippen LogP contribution is -2.22. The van der Waals surface area contributed by atoms with E-state index >= 15 is 0 Å². The molecule has 0 bridgehead atoms. The highest BCUT2D eigenvalue weighted by molar-refractivity contribution is 5.84. The Labute approximate surface area is 84.5 Å². The number of carbonyl (C=O) groups is 2. The third-order valence-corrected chi connectivity index (χ3v) is 2.98. The van der Waals surface area contributed by atoms with E-state index in [1.54, 1.807) is 0 Å². The van der Waals surface area contributed by atoms with E-state index in [2.05, 4.69) is 6.92 Å². The Balaban J connectivity index is 2.32. The first kappa shape index (κ1) is 11.2. The first-order valence-corrected chi connectivity index (χ1v) is 5.34. The van der Waals surface area contributed by atoms with Crippen molar-refractivity contribution >= 4 is 11.8 Å². The van der Waals surface area contributed by atoms with E-state index in [1.807, 2.05) is 0 Å². The number of carbonyl (C=O) groups excluding carboxylic acids is 1. The summed E-state index contributed by atoms with van der Waals surface area (Å²) in [6, 6.07) is 0. The van der Waals surface area contributed by atoms with Crippen LogP contribution < -0.4 is 0 Å². The molecule has 1 aliphatic rings. The smallest absolute Gasteiger partial charge is 0.303 e. The molecule has 1 aliphatic carbocycles. The third-order valence-electron chi connectivity index (χ3n) is 2.98. The van der Waals surface area contributed by atoms with Crippen LogP contribution in [0.25, 0.3) is 0 Å². The van der Waals surface area contributed by atoms with Crippen LogP contribution in [0.3, 0.4) is 0 Å². The number of carboxylic acid groups (broad SMARTS) is 1. The van der Waals surface area contributed by atoms with Crippen LogP contribution in [-0.2, 0) is 9.59 Å². The average Bonchev–Trinajstić information content (AvgIpc) is 2.14. The summed E-state index contributed by atoms with van der Waals surface area (Å²) in [5.74, 6) is 0.0433. The molecule has 0 radical (unpaired) electrons. The molecular formula is C11H18O3. The normalized spacial score (nSPS) is 27.2. The summed E-state index contributed by atoms with van der Waals surface area (Å²) in [4.78, 5) is 21.9. The average molecular weight is 198 g/mol. The second kappa shape index (κ2) is 5.13. The SMILES string of the molecule is CC1CCCC(C(=O)CCC(=O)O)C1. The Kier molecular flexibility index (Phi) is 4.11. The molecule has 2 atom stereocenters. The summed E-state index contributed by atoms with van der Waals surface area (Å²) in [5, 5.41) is 8.46. The molecule has 3 heteroatoms. The molecule has 80 valence electrons. The lowest BCUT2D eigenvalue weighted by Gasteiger charge is -2.25. The Bertz CT molecular complexity index is 223. The summed E-state index contributed by atoms with van der Waals surface area (Å²) in [7, 11) is 0. The molecule has 14 heavy (non-hydrogen) atoms. The van der Waals surface area contributed by atoms with Crippen molar-refractivity contribution in [2.75, 3.05) is 0 Å². The second-order valence-corrected chi connectivity index (χ2v) is 4.33. The minimum absolute atomic E-state index is 0.0102. The number of carboxylic acids is 1. The maximum atomic E-state index is 11.6. The van der Waals surface area contributed by atoms with E-state index in [9.17, 15) is 9.59 Å². The summed E-state index contributed by atoms with van der Waals surface area (Å²) in [5.41, 5.74) is 0. The van der Waals surface area contributed by atoms with Gasteiger partial charge in [-0.25, -0.2) is 0 Å². The zero-order chi connectivity index (χ0) is 10.6. The van der Waals surface area contributed by atoms with Gasteiger partial charge in [-0.3, -0.25) is 9.59 Å². The molecule has 1 rings (SSSR count). The van der Waals surface area contributed by atoms with Crippen LogP contribution in [-0.4, -0.2) is 16.9 Å². The summed E-state index contributed by atoms with van der Waals surface area (Å²) in [6.45, 7) is 2.16. The van der Waals surface area contributed by atoms with Crippen molar-refractivity contribution in [1.82, 2.24) is 0 Å². The molecule has 1 N–H and O–H groups in total. The van der Waals surface area contributed by atoms with Crippen molar-refractivity contribution in [3.05, 3.63) is 0 Å². The Morgan fingerprint density at radius 1 is 1.29 bits per heavy atom. The van der Waals surface area contributed by atoms with Crippen molar-refractivity contribution in [2.24, 2.45) is 11.8 Å². The highest BCUT2D eigenvalue weighted by atomic mass is 16.4. The van der Waals surface area contributed by atoms with Gasteiger partial charge in [-0.2, -0.15) is 0 Å². The van der Waals surface area contributed by atoms with Crippen LogP contribution in [0.5, 0.6) is 0 Å². The molecule has 0 spiro atoms. The molecule has 0 heterocycles. The van der Waals surface area contributed by atoms with Crippen molar-refractivity contribution in [3.8, 4) is 0 Å². The van der Waals surface area contributed by atoms with Gasteiger partial charge in [0.25, 0.3) is 0 Å². The van der Waals surface area contributed by atoms with Gasteiger partial charge in [0.1, 0.15) is 5.78 Å². The molecule has 0 saturated heterocycles. The molecule has 3 nitrogen and oxygen atoms in total. The van der Waals surface area contributed by atoms with Crippen LogP contribution in [0.1, 0.15) is 45.4 Å². The first-order chi connectivity index (χ1) is 6.59. The zero-order valence-corrected chi connectivity index (χ0v) is 8.66. The van der Waals surface area contributed by atoms with E-state index in [-0.39, 0.29) is 24.5 Å². The molecule has 1 saturated carbocycles. The maximum absolute atomic E-state index is 11.6. The van der Waals surface area contributed by atoms with Gasteiger partial charge in [0.05, 0.1) is 6.42 Å². The third kappa shape index (κ3) is 3.48. The maximum Gasteiger partial charge on any atom is 0.303 e. The van der Waals surface area contributed by atoms with Crippen molar-refractivity contribution in [3.63, 3.8) is 0 Å². The Morgan fingerprint density at radius 2 is 2.00 bits per heavy atom. The molecular weight excluding hydrogens is 180 g/mol. The van der Waals surface area contributed by atoms with Gasteiger partial charge >= 0.3 is 5.97 Å². The summed E-state index contributed by atoms with van der Waals surface area (Å²) in [6.07, 6.45) is 4.45. The lowest BCUT2D eigenvalue weighted by molar-refractivity contribution is -0.139. The van der Waals surface area contributed by atoms with E-state index in [1.165, 1.54) is 6.42 Å². The quantitative estimate of drug-likeness (QED) is 0.753. The number of ketones is 1. The Hall–Kier alpha value is -0.860. The van der Waals surface area contributed by atoms with Crippen LogP contribution >= 0.6 is 0 Å². The van der Waals surface area contributed by atoms with Gasteiger partial charge in [-0.15, -0.1) is 0 Å². The van der Waals surface area contributed by atoms with Gasteiger partial charge in [0, 0.05) is 12.3 Å². The van der Waals surface area contributed by atoms with Crippen molar-refractivity contribution in [1.29, 1.82) is 0 Å². The fourth-order valence-electron chi connectivity index (χ4n) is 2.16. The molecule has 0 aromatic rings. The summed E-state index contributed by atoms with van der Waals surface area (Å²) < 4.78 is 0. The highest BCUT2D eigenvalue weighted by Crippen LogP contribution is 2.29. The van der Waals surface area contributed by atoms with Crippen molar-refractivity contribution in [2.45, 2.75) is 45.4 Å². The molecule has 1 fully saturated rings. The second-order valence-electron chi connectivity index (χ2n) is 4.33. The highest BCUT2D eigenvalue weighted by Gasteiger charge is 2.24. The van der Waals surface area contributed by atoms with Gasteiger partial charge in [0.15, 0.2) is 0 Å². The van der Waals surface area contributed by atoms with Gasteiger partial charge in [-0.05, 0) is 18.8 Å². The minimum Gasteiger partial charge on any atom is -0.481 e. The van der Waals surface area contributed by atoms with Crippen LogP contribution in [0.2, 0.25) is 0 Å². The van der Waals surface area contributed by atoms with Crippen molar-refractivity contribution < 1.29 is 14.7 Å². The first-order valence-electron chi connectivity index (χ1n) is 5.34. The predicted octanol–water partition coefficient (Wildman–Crippen LogP) is 2.25. The van der Waals surface area contributed by atoms with Gasteiger partial charge < -0.3 is 5.11 Å². The van der Waals surface area contributed by atoms with Crippen LogP contribution in [0, 0.1) is 11.8 Å². The standard InChI is InChI=1S/C11H18O3/c1-8-3-2-4-9(7-8)10(12)5-6-11(13)14/h8-9H,2-7H2,1H3,(H,13,14). The molecule has 2 unspecified atom stereocenters. The Morgan fingerprint density at radius 3 is 2.57 bits per heavy atom. The molecule has 0 amide bonds. The van der Waals surface area contributed by atoms with Crippen LogP contribution in [0.15, 0.2) is 0 Å². The minimum atomic E-state index is -0.873. The zero-order valence-electron chi connectivity index (χ0n) is 8.66. The lowest BCUT2D eigenvalue weighted by atomic mass is 9.79. The number of Topliss-reactive ketones (excluding diaryl/α,β-unsaturated/α-hetero) is 1. The predicted molar refractivity (Wildman–Crippen MR) is 53.0 cm³/mol. The van der Waals surface area contributed by atoms with Gasteiger partial charge in [-0.1, -0.05) is 19.8 Å². The van der Waals surface area contributed by atoms with E-state index in [0.29, 0.717) is 5.92 Å². The number of hydrogen-bond acceptors (Lipinski definition) is 2. The molecule has 0 aliphatic heterocycles. The molecule has 0 aromatic carbocycles. The molecule has 0 aromatic heterocycles. The van der Waals surface area contributed by atoms with Crippen LogP contribution in [0.4, 0.5) is 0 Å². The number of rotatable bonds is 4. The van der Waals surface area contributed by atoms with Gasteiger partial charge in [0.2, 0.25) is 0 Å². The largest absolute Gasteiger partial charge is 0.481 e. The van der Waals surface area contributed by atoms with E-state index < -0.39 is 5.97 Å². The monoisotopic (exact) mass is 198 g/mol. The van der Waals surface area contributed by atoms with E-state index in [0.717, 1.165) is 19.3 Å². The van der Waals surface area contributed by atoms with E-state index in [4.69, 9.17) is 5.11 Å². The fourth-order valence-corrected chi connectivity index (χ4v) is 2.16. The fraction of sp³-hybridized carbons (Fsp3) is 0.818. The topological polar surface area (TPSA) is 54.4 Å².